The average Bonchev–Trinajstić information content (AvgIpc) is 2.83. The first kappa shape index (κ1) is 10.8. The Labute approximate surface area is 83.4 Å². The largest absolute Gasteiger partial charge is 0.0778 e. The van der Waals surface area contributed by atoms with E-state index in [1.165, 1.54) is 38.5 Å². The van der Waals surface area contributed by atoms with E-state index in [0.29, 0.717) is 0 Å². The zero-order valence-electron chi connectivity index (χ0n) is 9.47. The monoisotopic (exact) mass is 180 g/mol. The quantitative estimate of drug-likeness (QED) is 0.398. The molecule has 0 N–H and O–H groups in total. The molecule has 0 aliphatic heterocycles. The van der Waals surface area contributed by atoms with E-state index in [0.717, 1.165) is 11.8 Å². The van der Waals surface area contributed by atoms with Gasteiger partial charge in [0.1, 0.15) is 0 Å². The van der Waals surface area contributed by atoms with E-state index < -0.39 is 0 Å². The van der Waals surface area contributed by atoms with Crippen molar-refractivity contribution >= 4 is 0 Å². The second kappa shape index (κ2) is 5.47. The van der Waals surface area contributed by atoms with Gasteiger partial charge < -0.3 is 0 Å². The molecule has 0 saturated carbocycles. The third kappa shape index (κ3) is 3.97. The predicted molar refractivity (Wildman–Crippen MR) is 59.8 cm³/mol. The fourth-order valence-electron chi connectivity index (χ4n) is 2.04. The van der Waals surface area contributed by atoms with Crippen molar-refractivity contribution in [2.75, 3.05) is 0 Å². The van der Waals surface area contributed by atoms with Crippen molar-refractivity contribution in [2.45, 2.75) is 59.3 Å². The van der Waals surface area contributed by atoms with Crippen molar-refractivity contribution < 1.29 is 0 Å². The Bertz CT molecular complexity index is 163. The molecule has 1 rings (SSSR count). The van der Waals surface area contributed by atoms with Crippen LogP contribution < -0.4 is 0 Å². The topological polar surface area (TPSA) is 0 Å². The van der Waals surface area contributed by atoms with E-state index >= 15 is 0 Å². The molecule has 1 atom stereocenters. The Morgan fingerprint density at radius 1 is 1.23 bits per heavy atom. The van der Waals surface area contributed by atoms with Crippen molar-refractivity contribution in [1.29, 1.82) is 0 Å². The molecule has 0 heteroatoms. The van der Waals surface area contributed by atoms with Gasteiger partial charge in [0.15, 0.2) is 0 Å². The molecule has 76 valence electrons. The van der Waals surface area contributed by atoms with Crippen molar-refractivity contribution in [1.82, 2.24) is 0 Å². The Morgan fingerprint density at radius 3 is 2.31 bits per heavy atom. The minimum atomic E-state index is 0.855. The maximum absolute atomic E-state index is 2.40. The molecule has 0 heterocycles. The first-order chi connectivity index (χ1) is 6.27. The van der Waals surface area contributed by atoms with Gasteiger partial charge in [0.05, 0.1) is 0 Å². The molecular weight excluding hydrogens is 156 g/mol. The number of hydrogen-bond acceptors (Lipinski definition) is 0. The van der Waals surface area contributed by atoms with Crippen LogP contribution in [0.25, 0.3) is 0 Å². The molecule has 1 aliphatic rings. The van der Waals surface area contributed by atoms with E-state index in [1.807, 2.05) is 0 Å². The fourth-order valence-corrected chi connectivity index (χ4v) is 2.04. The molecular formula is C13H24. The van der Waals surface area contributed by atoms with Crippen LogP contribution in [-0.2, 0) is 0 Å². The lowest BCUT2D eigenvalue weighted by molar-refractivity contribution is 0.434. The van der Waals surface area contributed by atoms with Crippen molar-refractivity contribution in [2.24, 2.45) is 11.8 Å². The molecule has 0 radical (unpaired) electrons. The number of allylic oxidation sites excluding steroid dienone is 2. The van der Waals surface area contributed by atoms with Gasteiger partial charge in [-0.2, -0.15) is 0 Å². The summed E-state index contributed by atoms with van der Waals surface area (Å²) in [5.74, 6) is 1.85. The van der Waals surface area contributed by atoms with E-state index in [4.69, 9.17) is 0 Å². The van der Waals surface area contributed by atoms with Crippen LogP contribution in [0.4, 0.5) is 0 Å². The summed E-state index contributed by atoms with van der Waals surface area (Å²) in [7, 11) is 0. The summed E-state index contributed by atoms with van der Waals surface area (Å²) >= 11 is 0. The van der Waals surface area contributed by atoms with E-state index in [-0.39, 0.29) is 0 Å². The van der Waals surface area contributed by atoms with Crippen molar-refractivity contribution in [3.05, 3.63) is 11.6 Å². The summed E-state index contributed by atoms with van der Waals surface area (Å²) in [5, 5.41) is 0. The molecule has 0 aromatic heterocycles. The molecule has 0 aromatic rings. The number of unbranched alkanes of at least 4 members (excludes halogenated alkanes) is 1. The second-order valence-corrected chi connectivity index (χ2v) is 4.46. The Balaban J connectivity index is 1.91. The van der Waals surface area contributed by atoms with Gasteiger partial charge in [-0.1, -0.05) is 58.1 Å². The highest BCUT2D eigenvalue weighted by molar-refractivity contribution is 5.27. The third-order valence-electron chi connectivity index (χ3n) is 3.42. The van der Waals surface area contributed by atoms with Crippen molar-refractivity contribution in [3.63, 3.8) is 0 Å². The highest BCUT2D eigenvalue weighted by Gasteiger charge is 2.17. The van der Waals surface area contributed by atoms with Crippen LogP contribution in [0, 0.1) is 11.8 Å². The van der Waals surface area contributed by atoms with Crippen LogP contribution in [0.5, 0.6) is 0 Å². The number of rotatable bonds is 7. The summed E-state index contributed by atoms with van der Waals surface area (Å²) in [6.07, 6.45) is 10.8. The zero-order chi connectivity index (χ0) is 9.68. The van der Waals surface area contributed by atoms with Gasteiger partial charge in [-0.15, -0.1) is 0 Å². The Kier molecular flexibility index (Phi) is 4.55. The summed E-state index contributed by atoms with van der Waals surface area (Å²) < 4.78 is 0. The van der Waals surface area contributed by atoms with Gasteiger partial charge in [-0.05, 0) is 24.7 Å². The first-order valence-electron chi connectivity index (χ1n) is 5.98. The Hall–Kier alpha value is -0.260. The lowest BCUT2D eigenvalue weighted by Crippen LogP contribution is -1.96. The van der Waals surface area contributed by atoms with Gasteiger partial charge in [0, 0.05) is 0 Å². The smallest absolute Gasteiger partial charge is 0.00486 e. The van der Waals surface area contributed by atoms with Gasteiger partial charge >= 0.3 is 0 Å². The maximum Gasteiger partial charge on any atom is -0.00486 e. The Morgan fingerprint density at radius 2 is 1.85 bits per heavy atom. The summed E-state index contributed by atoms with van der Waals surface area (Å²) in [5.41, 5.74) is 1.71. The van der Waals surface area contributed by atoms with Crippen molar-refractivity contribution in [3.8, 4) is 0 Å². The maximum atomic E-state index is 2.40. The molecule has 0 bridgehead atoms. The minimum Gasteiger partial charge on any atom is -0.0778 e. The molecule has 0 saturated heterocycles. The average molecular weight is 180 g/mol. The number of hydrogen-bond donors (Lipinski definition) is 0. The van der Waals surface area contributed by atoms with E-state index in [2.05, 4.69) is 26.8 Å². The SMILES string of the molecule is CCC(CC)CCCCC1=CC1C. The molecule has 0 amide bonds. The summed E-state index contributed by atoms with van der Waals surface area (Å²) in [6.45, 7) is 6.94. The van der Waals surface area contributed by atoms with Crippen LogP contribution in [0.1, 0.15) is 59.3 Å². The molecule has 0 fully saturated rings. The summed E-state index contributed by atoms with van der Waals surface area (Å²) in [6, 6.07) is 0. The highest BCUT2D eigenvalue weighted by Crippen LogP contribution is 2.32. The highest BCUT2D eigenvalue weighted by atomic mass is 14.2. The standard InChI is InChI=1S/C13H24/c1-4-12(5-2)8-6-7-9-13-10-11(13)3/h10-12H,4-9H2,1-3H3. The molecule has 1 aliphatic carbocycles. The molecule has 0 aromatic carbocycles. The van der Waals surface area contributed by atoms with Gasteiger partial charge in [0.2, 0.25) is 0 Å². The van der Waals surface area contributed by atoms with E-state index in [9.17, 15) is 0 Å². The molecule has 13 heavy (non-hydrogen) atoms. The molecule has 0 nitrogen and oxygen atoms in total. The molecule has 0 spiro atoms. The van der Waals surface area contributed by atoms with Crippen LogP contribution in [0.2, 0.25) is 0 Å². The predicted octanol–water partition coefficient (Wildman–Crippen LogP) is 4.56. The minimum absolute atomic E-state index is 0.855. The van der Waals surface area contributed by atoms with Crippen LogP contribution in [0.15, 0.2) is 11.6 Å². The normalized spacial score (nSPS) is 20.6. The van der Waals surface area contributed by atoms with Gasteiger partial charge in [-0.3, -0.25) is 0 Å². The van der Waals surface area contributed by atoms with Crippen LogP contribution in [0.3, 0.4) is 0 Å². The van der Waals surface area contributed by atoms with Crippen LogP contribution in [-0.4, -0.2) is 0 Å². The molecule has 1 unspecified atom stereocenters. The van der Waals surface area contributed by atoms with Gasteiger partial charge in [0.25, 0.3) is 0 Å². The van der Waals surface area contributed by atoms with E-state index in [1.54, 1.807) is 5.57 Å². The zero-order valence-corrected chi connectivity index (χ0v) is 9.47. The lowest BCUT2D eigenvalue weighted by Gasteiger charge is -2.10. The lowest BCUT2D eigenvalue weighted by atomic mass is 9.96. The van der Waals surface area contributed by atoms with Crippen LogP contribution >= 0.6 is 0 Å². The van der Waals surface area contributed by atoms with Gasteiger partial charge in [-0.25, -0.2) is 0 Å². The second-order valence-electron chi connectivity index (χ2n) is 4.46. The fraction of sp³-hybridized carbons (Fsp3) is 0.846. The first-order valence-corrected chi connectivity index (χ1v) is 5.98. The third-order valence-corrected chi connectivity index (χ3v) is 3.42. The summed E-state index contributed by atoms with van der Waals surface area (Å²) in [4.78, 5) is 0.